The van der Waals surface area contributed by atoms with Crippen molar-refractivity contribution in [2.45, 2.75) is 25.3 Å². The largest absolute Gasteiger partial charge is 0.467 e. The average molecular weight is 290 g/mol. The topological polar surface area (TPSA) is 55.6 Å². The number of hydrogen-bond acceptors (Lipinski definition) is 4. The Kier molecular flexibility index (Phi) is 5.01. The summed E-state index contributed by atoms with van der Waals surface area (Å²) in [5.41, 5.74) is 6.13. The predicted octanol–water partition coefficient (Wildman–Crippen LogP) is 1.99. The molecule has 1 aromatic carbocycles. The molecule has 0 saturated heterocycles. The van der Waals surface area contributed by atoms with Gasteiger partial charge in [-0.2, -0.15) is 0 Å². The maximum atomic E-state index is 12.2. The van der Waals surface area contributed by atoms with Gasteiger partial charge in [0.2, 0.25) is 0 Å². The van der Waals surface area contributed by atoms with E-state index in [-0.39, 0.29) is 5.97 Å². The van der Waals surface area contributed by atoms with Crippen molar-refractivity contribution in [3.63, 3.8) is 0 Å². The Hall–Kier alpha value is -1.39. The molecule has 3 atom stereocenters. The Balaban J connectivity index is 2.01. The zero-order valence-corrected chi connectivity index (χ0v) is 13.2. The van der Waals surface area contributed by atoms with Gasteiger partial charge < -0.3 is 15.4 Å². The first-order chi connectivity index (χ1) is 9.97. The molecule has 2 rings (SSSR count). The van der Waals surface area contributed by atoms with Crippen molar-refractivity contribution in [2.24, 2.45) is 17.6 Å². The average Bonchev–Trinajstić information content (AvgIpc) is 3.19. The Labute approximate surface area is 127 Å². The summed E-state index contributed by atoms with van der Waals surface area (Å²) in [6.45, 7) is 4.14. The lowest BCUT2D eigenvalue weighted by molar-refractivity contribution is -0.148. The molecule has 1 aromatic rings. The molecule has 2 N–H and O–H groups in total. The SMILES string of the molecule is COC(=O)C(N)(CCN(C)CC1CC1C)c1ccccc1. The molecule has 0 aromatic heterocycles. The summed E-state index contributed by atoms with van der Waals surface area (Å²) in [7, 11) is 3.48. The second kappa shape index (κ2) is 6.58. The zero-order chi connectivity index (χ0) is 15.5. The third-order valence-electron chi connectivity index (χ3n) is 4.55. The maximum absolute atomic E-state index is 12.2. The Morgan fingerprint density at radius 3 is 2.57 bits per heavy atom. The molecular formula is C17H26N2O2. The van der Waals surface area contributed by atoms with E-state index in [2.05, 4.69) is 18.9 Å². The first kappa shape index (κ1) is 16.0. The fraction of sp³-hybridized carbons (Fsp3) is 0.588. The van der Waals surface area contributed by atoms with Crippen molar-refractivity contribution in [1.29, 1.82) is 0 Å². The molecule has 4 heteroatoms. The number of ether oxygens (including phenoxy) is 1. The Morgan fingerprint density at radius 2 is 2.05 bits per heavy atom. The summed E-state index contributed by atoms with van der Waals surface area (Å²) in [5, 5.41) is 0. The van der Waals surface area contributed by atoms with Gasteiger partial charge in [-0.05, 0) is 37.3 Å². The fourth-order valence-corrected chi connectivity index (χ4v) is 2.79. The summed E-state index contributed by atoms with van der Waals surface area (Å²) < 4.78 is 4.93. The van der Waals surface area contributed by atoms with E-state index in [9.17, 15) is 4.79 Å². The first-order valence-corrected chi connectivity index (χ1v) is 7.58. The van der Waals surface area contributed by atoms with Crippen LogP contribution in [0.2, 0.25) is 0 Å². The van der Waals surface area contributed by atoms with Crippen LogP contribution in [0.5, 0.6) is 0 Å². The van der Waals surface area contributed by atoms with Crippen LogP contribution >= 0.6 is 0 Å². The van der Waals surface area contributed by atoms with Crippen LogP contribution in [0.25, 0.3) is 0 Å². The minimum Gasteiger partial charge on any atom is -0.467 e. The van der Waals surface area contributed by atoms with Gasteiger partial charge in [-0.1, -0.05) is 37.3 Å². The monoisotopic (exact) mass is 290 g/mol. The number of methoxy groups -OCH3 is 1. The van der Waals surface area contributed by atoms with Crippen LogP contribution in [0, 0.1) is 11.8 Å². The fourth-order valence-electron chi connectivity index (χ4n) is 2.79. The van der Waals surface area contributed by atoms with Crippen LogP contribution in [-0.2, 0) is 15.1 Å². The molecule has 4 nitrogen and oxygen atoms in total. The van der Waals surface area contributed by atoms with E-state index in [1.54, 1.807) is 0 Å². The van der Waals surface area contributed by atoms with Gasteiger partial charge in [0.1, 0.15) is 5.54 Å². The van der Waals surface area contributed by atoms with E-state index in [1.165, 1.54) is 13.5 Å². The molecular weight excluding hydrogens is 264 g/mol. The van der Waals surface area contributed by atoms with Crippen molar-refractivity contribution in [2.75, 3.05) is 27.2 Å². The summed E-state index contributed by atoms with van der Waals surface area (Å²) in [5.74, 6) is 1.27. The van der Waals surface area contributed by atoms with Gasteiger partial charge in [-0.15, -0.1) is 0 Å². The molecule has 3 unspecified atom stereocenters. The molecule has 1 aliphatic carbocycles. The van der Waals surface area contributed by atoms with E-state index in [4.69, 9.17) is 10.5 Å². The number of esters is 1. The highest BCUT2D eigenvalue weighted by molar-refractivity contribution is 5.82. The lowest BCUT2D eigenvalue weighted by atomic mass is 9.87. The number of nitrogens with two attached hydrogens (primary N) is 1. The number of carbonyl (C=O) groups is 1. The van der Waals surface area contributed by atoms with Gasteiger partial charge >= 0.3 is 5.97 Å². The van der Waals surface area contributed by atoms with Crippen molar-refractivity contribution in [1.82, 2.24) is 4.90 Å². The minimum atomic E-state index is -1.07. The van der Waals surface area contributed by atoms with Crippen LogP contribution in [0.4, 0.5) is 0 Å². The lowest BCUT2D eigenvalue weighted by Gasteiger charge is -2.29. The van der Waals surface area contributed by atoms with Gasteiger partial charge in [0.15, 0.2) is 0 Å². The molecule has 116 valence electrons. The summed E-state index contributed by atoms with van der Waals surface area (Å²) in [6.07, 6.45) is 1.87. The molecule has 0 amide bonds. The number of carbonyl (C=O) groups excluding carboxylic acids is 1. The quantitative estimate of drug-likeness (QED) is 0.780. The number of nitrogens with zero attached hydrogens (tertiary/aromatic N) is 1. The van der Waals surface area contributed by atoms with Crippen molar-refractivity contribution in [3.8, 4) is 0 Å². The van der Waals surface area contributed by atoms with E-state index in [1.807, 2.05) is 30.3 Å². The Bertz CT molecular complexity index is 477. The molecule has 0 heterocycles. The van der Waals surface area contributed by atoms with Gasteiger partial charge in [-0.25, -0.2) is 4.79 Å². The van der Waals surface area contributed by atoms with Crippen molar-refractivity contribution in [3.05, 3.63) is 35.9 Å². The van der Waals surface area contributed by atoms with E-state index in [0.29, 0.717) is 6.42 Å². The molecule has 1 fully saturated rings. The molecule has 1 aliphatic rings. The molecule has 21 heavy (non-hydrogen) atoms. The molecule has 1 saturated carbocycles. The third-order valence-corrected chi connectivity index (χ3v) is 4.55. The highest BCUT2D eigenvalue weighted by atomic mass is 16.5. The van der Waals surface area contributed by atoms with Gasteiger partial charge in [0, 0.05) is 13.1 Å². The van der Waals surface area contributed by atoms with Crippen molar-refractivity contribution >= 4 is 5.97 Å². The number of hydrogen-bond donors (Lipinski definition) is 1. The summed E-state index contributed by atoms with van der Waals surface area (Å²) >= 11 is 0. The van der Waals surface area contributed by atoms with Crippen molar-refractivity contribution < 1.29 is 9.53 Å². The van der Waals surface area contributed by atoms with E-state index in [0.717, 1.165) is 30.5 Å². The summed E-state index contributed by atoms with van der Waals surface area (Å²) in [6, 6.07) is 9.49. The minimum absolute atomic E-state index is 0.373. The molecule has 0 aliphatic heterocycles. The second-order valence-corrected chi connectivity index (χ2v) is 6.31. The van der Waals surface area contributed by atoms with Crippen LogP contribution < -0.4 is 5.73 Å². The zero-order valence-electron chi connectivity index (χ0n) is 13.2. The predicted molar refractivity (Wildman–Crippen MR) is 83.7 cm³/mol. The summed E-state index contributed by atoms with van der Waals surface area (Å²) in [4.78, 5) is 14.4. The third kappa shape index (κ3) is 3.83. The standard InChI is InChI=1S/C17H26N2O2/c1-13-11-14(13)12-19(2)10-9-17(18,16(20)21-3)15-7-5-4-6-8-15/h4-8,13-14H,9-12,18H2,1-3H3. The van der Waals surface area contributed by atoms with Crippen LogP contribution in [0.3, 0.4) is 0 Å². The number of rotatable bonds is 7. The highest BCUT2D eigenvalue weighted by Gasteiger charge is 2.38. The maximum Gasteiger partial charge on any atom is 0.330 e. The van der Waals surface area contributed by atoms with E-state index >= 15 is 0 Å². The lowest BCUT2D eigenvalue weighted by Crippen LogP contribution is -2.48. The van der Waals surface area contributed by atoms with Crippen LogP contribution in [0.15, 0.2) is 30.3 Å². The number of benzene rings is 1. The molecule has 0 bridgehead atoms. The first-order valence-electron chi connectivity index (χ1n) is 7.58. The molecule has 0 spiro atoms. The molecule has 0 radical (unpaired) electrons. The van der Waals surface area contributed by atoms with E-state index < -0.39 is 5.54 Å². The highest BCUT2D eigenvalue weighted by Crippen LogP contribution is 2.38. The second-order valence-electron chi connectivity index (χ2n) is 6.31. The van der Waals surface area contributed by atoms with Gasteiger partial charge in [0.25, 0.3) is 0 Å². The Morgan fingerprint density at radius 1 is 1.43 bits per heavy atom. The van der Waals surface area contributed by atoms with Gasteiger partial charge in [-0.3, -0.25) is 0 Å². The van der Waals surface area contributed by atoms with Gasteiger partial charge in [0.05, 0.1) is 7.11 Å². The van der Waals surface area contributed by atoms with Crippen LogP contribution in [-0.4, -0.2) is 38.1 Å². The normalized spacial score (nSPS) is 23.7. The van der Waals surface area contributed by atoms with Crippen LogP contribution in [0.1, 0.15) is 25.3 Å². The smallest absolute Gasteiger partial charge is 0.330 e.